The summed E-state index contributed by atoms with van der Waals surface area (Å²) in [5.74, 6) is 0. The Morgan fingerprint density at radius 1 is 0.576 bits per heavy atom. The van der Waals surface area contributed by atoms with Crippen LogP contribution < -0.4 is 9.13 Å². The van der Waals surface area contributed by atoms with Gasteiger partial charge in [-0.1, -0.05) is 36.4 Å². The number of halogens is 1. The van der Waals surface area contributed by atoms with Gasteiger partial charge in [0.2, 0.25) is 22.1 Å². The van der Waals surface area contributed by atoms with Gasteiger partial charge in [-0.25, -0.2) is 0 Å². The van der Waals surface area contributed by atoms with Crippen molar-refractivity contribution in [1.29, 1.82) is 0 Å². The Kier molecular flexibility index (Phi) is 4.42. The number of fused-ring (bicyclic) bond motifs is 4. The molecule has 0 spiro atoms. The van der Waals surface area contributed by atoms with Crippen LogP contribution in [-0.4, -0.2) is 5.24 Å². The minimum Gasteiger partial charge on any atom is -0.276 e. The lowest BCUT2D eigenvalue weighted by atomic mass is 9.90. The molecule has 0 amide bonds. The number of para-hydroxylation sites is 3. The van der Waals surface area contributed by atoms with Gasteiger partial charge in [0, 0.05) is 41.0 Å². The number of pyridine rings is 2. The molecule has 0 aliphatic rings. The molecule has 33 heavy (non-hydrogen) atoms. The Labute approximate surface area is 196 Å². The smallest absolute Gasteiger partial charge is 0.252 e. The molecular formula is C29H21ClN2O+2. The van der Waals surface area contributed by atoms with E-state index >= 15 is 0 Å². The normalized spacial score (nSPS) is 11.6. The number of carbonyl (C=O) groups excluding carboxylic acids is 1. The van der Waals surface area contributed by atoms with Crippen LogP contribution in [0.25, 0.3) is 54.7 Å². The first-order chi connectivity index (χ1) is 16.1. The molecule has 0 saturated heterocycles. The lowest BCUT2D eigenvalue weighted by Crippen LogP contribution is -2.31. The molecule has 6 aromatic rings. The van der Waals surface area contributed by atoms with Gasteiger partial charge in [-0.2, -0.15) is 9.13 Å². The summed E-state index contributed by atoms with van der Waals surface area (Å²) in [6, 6.07) is 31.3. The second-order valence-electron chi connectivity index (χ2n) is 8.43. The standard InChI is InChI=1S/C29H21ClN2O/c1-31-23-12-6-3-9-19(23)27(20-10-4-7-13-24(20)31)28-21-11-5-8-14-25(21)32(2)26-17-18(29(30)33)15-16-22(26)28/h3-17H,1-2H3/q+2. The summed E-state index contributed by atoms with van der Waals surface area (Å²) in [5, 5.41) is 4.19. The zero-order chi connectivity index (χ0) is 22.7. The lowest BCUT2D eigenvalue weighted by molar-refractivity contribution is -0.617. The van der Waals surface area contributed by atoms with Crippen LogP contribution in [0.1, 0.15) is 10.4 Å². The van der Waals surface area contributed by atoms with Crippen molar-refractivity contribution >= 4 is 60.5 Å². The van der Waals surface area contributed by atoms with E-state index in [9.17, 15) is 4.79 Å². The van der Waals surface area contributed by atoms with Gasteiger partial charge in [0.1, 0.15) is 14.1 Å². The summed E-state index contributed by atoms with van der Waals surface area (Å²) < 4.78 is 4.40. The van der Waals surface area contributed by atoms with Crippen molar-refractivity contribution < 1.29 is 13.9 Å². The molecular weight excluding hydrogens is 428 g/mol. The average Bonchev–Trinajstić information content (AvgIpc) is 2.85. The van der Waals surface area contributed by atoms with Gasteiger partial charge < -0.3 is 0 Å². The minimum absolute atomic E-state index is 0.450. The molecule has 6 rings (SSSR count). The molecule has 2 aromatic heterocycles. The van der Waals surface area contributed by atoms with E-state index in [2.05, 4.69) is 89.0 Å². The van der Waals surface area contributed by atoms with Crippen LogP contribution in [-0.2, 0) is 14.1 Å². The van der Waals surface area contributed by atoms with Crippen molar-refractivity contribution in [3.63, 3.8) is 0 Å². The van der Waals surface area contributed by atoms with Crippen LogP contribution in [0.4, 0.5) is 0 Å². The monoisotopic (exact) mass is 448 g/mol. The minimum atomic E-state index is -0.450. The number of hydrogen-bond acceptors (Lipinski definition) is 1. The van der Waals surface area contributed by atoms with E-state index in [-0.39, 0.29) is 0 Å². The molecule has 2 heterocycles. The van der Waals surface area contributed by atoms with Crippen LogP contribution in [0.5, 0.6) is 0 Å². The number of carbonyl (C=O) groups is 1. The van der Waals surface area contributed by atoms with Gasteiger partial charge in [-0.3, -0.25) is 4.79 Å². The highest BCUT2D eigenvalue weighted by molar-refractivity contribution is 6.67. The van der Waals surface area contributed by atoms with Crippen molar-refractivity contribution in [1.82, 2.24) is 0 Å². The molecule has 0 fully saturated rings. The Hall–Kier alpha value is -3.82. The second-order valence-corrected chi connectivity index (χ2v) is 8.77. The summed E-state index contributed by atoms with van der Waals surface area (Å²) in [6.07, 6.45) is 0. The summed E-state index contributed by atoms with van der Waals surface area (Å²) in [7, 11) is 4.16. The molecule has 0 aliphatic carbocycles. The molecule has 0 unspecified atom stereocenters. The summed E-state index contributed by atoms with van der Waals surface area (Å²) in [5.41, 5.74) is 7.27. The van der Waals surface area contributed by atoms with Gasteiger partial charge >= 0.3 is 0 Å². The summed E-state index contributed by atoms with van der Waals surface area (Å²) in [4.78, 5) is 12.0. The van der Waals surface area contributed by atoms with Gasteiger partial charge in [0.15, 0.2) is 0 Å². The maximum Gasteiger partial charge on any atom is 0.252 e. The number of aryl methyl sites for hydroxylation is 2. The molecule has 0 aliphatic heterocycles. The number of aromatic nitrogens is 2. The Morgan fingerprint density at radius 3 is 1.42 bits per heavy atom. The maximum atomic E-state index is 12.0. The number of hydrogen-bond donors (Lipinski definition) is 0. The summed E-state index contributed by atoms with van der Waals surface area (Å²) in [6.45, 7) is 0. The van der Waals surface area contributed by atoms with E-state index in [0.29, 0.717) is 5.56 Å². The molecule has 158 valence electrons. The van der Waals surface area contributed by atoms with Crippen LogP contribution in [0, 0.1) is 0 Å². The van der Waals surface area contributed by atoms with E-state index in [0.717, 1.165) is 16.4 Å². The van der Waals surface area contributed by atoms with E-state index in [4.69, 9.17) is 11.6 Å². The van der Waals surface area contributed by atoms with Crippen molar-refractivity contribution in [3.8, 4) is 11.1 Å². The third-order valence-electron chi connectivity index (χ3n) is 6.71. The maximum absolute atomic E-state index is 12.0. The molecule has 4 heteroatoms. The van der Waals surface area contributed by atoms with Crippen LogP contribution >= 0.6 is 11.6 Å². The van der Waals surface area contributed by atoms with E-state index in [1.807, 2.05) is 25.2 Å². The molecule has 0 atom stereocenters. The highest BCUT2D eigenvalue weighted by Gasteiger charge is 2.25. The second kappa shape index (κ2) is 7.36. The SMILES string of the molecule is C[n+]1c2ccccc2c(-c2c3ccccc3[n+](C)c3cc(C(=O)Cl)ccc23)c2ccccc21. The Morgan fingerprint density at radius 2 is 0.970 bits per heavy atom. The quantitative estimate of drug-likeness (QED) is 0.181. The van der Waals surface area contributed by atoms with Crippen molar-refractivity contribution in [2.75, 3.05) is 0 Å². The fraction of sp³-hybridized carbons (Fsp3) is 0.0690. The predicted octanol–water partition coefficient (Wildman–Crippen LogP) is 5.99. The van der Waals surface area contributed by atoms with Crippen LogP contribution in [0.2, 0.25) is 0 Å². The third-order valence-corrected chi connectivity index (χ3v) is 6.93. The third kappa shape index (κ3) is 2.86. The fourth-order valence-electron chi connectivity index (χ4n) is 5.16. The van der Waals surface area contributed by atoms with E-state index in [1.54, 1.807) is 0 Å². The van der Waals surface area contributed by atoms with Gasteiger partial charge in [0.05, 0.1) is 21.5 Å². The van der Waals surface area contributed by atoms with Crippen molar-refractivity contribution in [2.24, 2.45) is 14.1 Å². The van der Waals surface area contributed by atoms with E-state index in [1.165, 1.54) is 38.3 Å². The van der Waals surface area contributed by atoms with Crippen LogP contribution in [0.3, 0.4) is 0 Å². The predicted molar refractivity (Wildman–Crippen MR) is 134 cm³/mol. The van der Waals surface area contributed by atoms with Crippen LogP contribution in [0.15, 0.2) is 91.0 Å². The van der Waals surface area contributed by atoms with Crippen molar-refractivity contribution in [3.05, 3.63) is 96.6 Å². The average molecular weight is 449 g/mol. The fourth-order valence-corrected chi connectivity index (χ4v) is 5.28. The largest absolute Gasteiger partial charge is 0.276 e. The van der Waals surface area contributed by atoms with Crippen molar-refractivity contribution in [2.45, 2.75) is 0 Å². The molecule has 0 saturated carbocycles. The van der Waals surface area contributed by atoms with Gasteiger partial charge in [-0.05, 0) is 41.9 Å². The van der Waals surface area contributed by atoms with Gasteiger partial charge in [-0.15, -0.1) is 0 Å². The first-order valence-corrected chi connectivity index (χ1v) is 11.3. The molecule has 3 nitrogen and oxygen atoms in total. The highest BCUT2D eigenvalue weighted by atomic mass is 35.5. The Bertz CT molecular complexity index is 1710. The van der Waals surface area contributed by atoms with Gasteiger partial charge in [0.25, 0.3) is 5.24 Å². The first-order valence-electron chi connectivity index (χ1n) is 10.9. The lowest BCUT2D eigenvalue weighted by Gasteiger charge is -2.15. The molecule has 0 bridgehead atoms. The molecule has 4 aromatic carbocycles. The highest BCUT2D eigenvalue weighted by Crippen LogP contribution is 2.41. The number of nitrogens with zero attached hydrogens (tertiary/aromatic N) is 2. The zero-order valence-electron chi connectivity index (χ0n) is 18.3. The topological polar surface area (TPSA) is 24.8 Å². The molecule has 0 radical (unpaired) electrons. The first kappa shape index (κ1) is 19.8. The number of rotatable bonds is 2. The summed E-state index contributed by atoms with van der Waals surface area (Å²) >= 11 is 5.85. The van der Waals surface area contributed by atoms with E-state index < -0.39 is 5.24 Å². The Balaban J connectivity index is 1.93. The number of benzene rings is 4. The zero-order valence-corrected chi connectivity index (χ0v) is 19.1. The molecule has 0 N–H and O–H groups in total.